The minimum absolute atomic E-state index is 0.0445. The normalized spacial score (nSPS) is 18.8. The number of primary amides is 1. The van der Waals surface area contributed by atoms with E-state index in [-0.39, 0.29) is 30.2 Å². The minimum atomic E-state index is -2.99. The third-order valence-corrected chi connectivity index (χ3v) is 6.27. The number of fused-ring (bicyclic) bond motifs is 1. The number of benzene rings is 1. The number of nitrogens with two attached hydrogens (primary N) is 1. The monoisotopic (exact) mass is 475 g/mol. The summed E-state index contributed by atoms with van der Waals surface area (Å²) < 4.78 is 41.4. The van der Waals surface area contributed by atoms with Crippen molar-refractivity contribution in [2.45, 2.75) is 37.4 Å². The van der Waals surface area contributed by atoms with Crippen LogP contribution in [0.4, 0.5) is 18.0 Å². The van der Waals surface area contributed by atoms with Crippen LogP contribution in [0.3, 0.4) is 0 Å². The molecule has 2 aliphatic rings. The zero-order valence-electron chi connectivity index (χ0n) is 16.1. The average molecular weight is 476 g/mol. The molecule has 12 heteroatoms. The molecule has 0 spiro atoms. The van der Waals surface area contributed by atoms with E-state index in [1.807, 2.05) is 0 Å². The smallest absolute Gasteiger partial charge is 0.318 e. The number of carbonyl (C=O) groups excluding carboxylic acids is 2. The van der Waals surface area contributed by atoms with Crippen LogP contribution in [-0.4, -0.2) is 51.3 Å². The molecule has 0 saturated heterocycles. The number of nitrogens with one attached hydrogen (secondary N) is 1. The molecule has 2 aromatic rings. The van der Waals surface area contributed by atoms with Crippen molar-refractivity contribution >= 4 is 35.1 Å². The maximum absolute atomic E-state index is 13.4. The molecular weight excluding hydrogens is 458 g/mol. The van der Waals surface area contributed by atoms with Gasteiger partial charge in [-0.1, -0.05) is 29.3 Å². The minimum Gasteiger partial charge on any atom is -0.365 e. The van der Waals surface area contributed by atoms with Gasteiger partial charge in [-0.3, -0.25) is 9.48 Å². The van der Waals surface area contributed by atoms with E-state index in [4.69, 9.17) is 28.9 Å². The van der Waals surface area contributed by atoms with E-state index in [1.54, 1.807) is 22.9 Å². The molecular formula is C19H18Cl2F3N5O2. The average Bonchev–Trinajstić information content (AvgIpc) is 3.07. The highest BCUT2D eigenvalue weighted by atomic mass is 35.5. The summed E-state index contributed by atoms with van der Waals surface area (Å²) in [5.74, 6) is -3.74. The highest BCUT2D eigenvalue weighted by molar-refractivity contribution is 6.42. The van der Waals surface area contributed by atoms with Crippen LogP contribution < -0.4 is 11.1 Å². The predicted octanol–water partition coefficient (Wildman–Crippen LogP) is 3.62. The number of hydrogen-bond donors (Lipinski definition) is 2. The van der Waals surface area contributed by atoms with Crippen molar-refractivity contribution in [1.29, 1.82) is 0 Å². The van der Waals surface area contributed by atoms with Gasteiger partial charge in [-0.25, -0.2) is 18.0 Å². The van der Waals surface area contributed by atoms with Crippen molar-refractivity contribution < 1.29 is 22.8 Å². The lowest BCUT2D eigenvalue weighted by atomic mass is 9.74. The van der Waals surface area contributed by atoms with Gasteiger partial charge in [0.05, 0.1) is 39.9 Å². The predicted molar refractivity (Wildman–Crippen MR) is 108 cm³/mol. The first-order valence-corrected chi connectivity index (χ1v) is 10.2. The van der Waals surface area contributed by atoms with Gasteiger partial charge < -0.3 is 16.0 Å². The van der Waals surface area contributed by atoms with Gasteiger partial charge in [-0.05, 0) is 12.1 Å². The highest BCUT2D eigenvalue weighted by Gasteiger charge is 2.58. The van der Waals surface area contributed by atoms with E-state index < -0.39 is 42.9 Å². The third kappa shape index (κ3) is 3.94. The van der Waals surface area contributed by atoms with Crippen molar-refractivity contribution in [1.82, 2.24) is 20.0 Å². The second-order valence-electron chi connectivity index (χ2n) is 7.86. The Morgan fingerprint density at radius 1 is 1.19 bits per heavy atom. The Balaban J connectivity index is 1.60. The Morgan fingerprint density at radius 2 is 1.90 bits per heavy atom. The molecule has 2 heterocycles. The standard InChI is InChI=1S/C19H18Cl2F3N5O2/c20-11-2-1-10(5-12(11)21)15-14(16(25)30)13-6-28(3-4-29(13)27-15)17(31)26-18(9-22)7-19(23,24)8-18/h1-2,5H,3-4,6-9H2,(H2,25,30)(H,26,31). The van der Waals surface area contributed by atoms with E-state index in [1.165, 1.54) is 4.90 Å². The number of rotatable bonds is 4. The fourth-order valence-corrected chi connectivity index (χ4v) is 4.35. The quantitative estimate of drug-likeness (QED) is 0.706. The summed E-state index contributed by atoms with van der Waals surface area (Å²) in [6.07, 6.45) is -1.50. The van der Waals surface area contributed by atoms with Gasteiger partial charge in [0.2, 0.25) is 0 Å². The van der Waals surface area contributed by atoms with E-state index in [0.29, 0.717) is 22.0 Å². The number of carbonyl (C=O) groups is 2. The van der Waals surface area contributed by atoms with Crippen LogP contribution in [0.1, 0.15) is 28.9 Å². The summed E-state index contributed by atoms with van der Waals surface area (Å²) >= 11 is 12.0. The van der Waals surface area contributed by atoms with Crippen molar-refractivity contribution in [3.05, 3.63) is 39.5 Å². The van der Waals surface area contributed by atoms with Gasteiger partial charge in [0.1, 0.15) is 12.4 Å². The SMILES string of the molecule is NC(=O)c1c(-c2ccc(Cl)c(Cl)c2)nn2c1CN(C(=O)NC1(CF)CC(F)(F)C1)CC2. The summed E-state index contributed by atoms with van der Waals surface area (Å²) in [5, 5.41) is 7.44. The molecule has 1 aromatic carbocycles. The van der Waals surface area contributed by atoms with Crippen LogP contribution in [0, 0.1) is 0 Å². The lowest BCUT2D eigenvalue weighted by Gasteiger charge is -2.46. The summed E-state index contributed by atoms with van der Waals surface area (Å²) in [5.41, 5.74) is 5.34. The Hall–Kier alpha value is -2.46. The van der Waals surface area contributed by atoms with Crippen LogP contribution in [0.25, 0.3) is 11.3 Å². The van der Waals surface area contributed by atoms with E-state index in [0.717, 1.165) is 0 Å². The molecule has 0 unspecified atom stereocenters. The van der Waals surface area contributed by atoms with E-state index in [9.17, 15) is 22.8 Å². The molecule has 0 bridgehead atoms. The van der Waals surface area contributed by atoms with Crippen molar-refractivity contribution in [2.24, 2.45) is 5.73 Å². The van der Waals surface area contributed by atoms with E-state index in [2.05, 4.69) is 10.4 Å². The first-order valence-electron chi connectivity index (χ1n) is 9.40. The number of aromatic nitrogens is 2. The van der Waals surface area contributed by atoms with Crippen LogP contribution in [-0.2, 0) is 13.1 Å². The van der Waals surface area contributed by atoms with Gasteiger partial charge in [0.25, 0.3) is 11.8 Å². The zero-order valence-corrected chi connectivity index (χ0v) is 17.6. The molecule has 3 amide bonds. The molecule has 1 aromatic heterocycles. The molecule has 7 nitrogen and oxygen atoms in total. The Labute approximate surface area is 185 Å². The van der Waals surface area contributed by atoms with Gasteiger partial charge in [-0.2, -0.15) is 5.10 Å². The van der Waals surface area contributed by atoms with Gasteiger partial charge in [0.15, 0.2) is 0 Å². The number of alkyl halides is 3. The summed E-state index contributed by atoms with van der Waals surface area (Å²) in [7, 11) is 0. The Morgan fingerprint density at radius 3 is 2.48 bits per heavy atom. The maximum atomic E-state index is 13.4. The molecule has 0 atom stereocenters. The molecule has 31 heavy (non-hydrogen) atoms. The lowest BCUT2D eigenvalue weighted by molar-refractivity contribution is -0.136. The van der Waals surface area contributed by atoms with Crippen molar-refractivity contribution in [2.75, 3.05) is 13.2 Å². The van der Waals surface area contributed by atoms with Crippen molar-refractivity contribution in [3.8, 4) is 11.3 Å². The van der Waals surface area contributed by atoms with Crippen LogP contribution >= 0.6 is 23.2 Å². The molecule has 0 radical (unpaired) electrons. The summed E-state index contributed by atoms with van der Waals surface area (Å²) in [6, 6.07) is 4.07. The van der Waals surface area contributed by atoms with Gasteiger partial charge in [-0.15, -0.1) is 0 Å². The molecule has 3 N–H and O–H groups in total. The summed E-state index contributed by atoms with van der Waals surface area (Å²) in [4.78, 5) is 26.2. The second kappa shape index (κ2) is 7.59. The third-order valence-electron chi connectivity index (χ3n) is 5.53. The fraction of sp³-hybridized carbons (Fsp3) is 0.421. The van der Waals surface area contributed by atoms with Crippen LogP contribution in [0.2, 0.25) is 10.0 Å². The van der Waals surface area contributed by atoms with Crippen LogP contribution in [0.15, 0.2) is 18.2 Å². The van der Waals surface area contributed by atoms with E-state index >= 15 is 0 Å². The molecule has 166 valence electrons. The maximum Gasteiger partial charge on any atom is 0.318 e. The first-order chi connectivity index (χ1) is 14.5. The lowest BCUT2D eigenvalue weighted by Crippen LogP contribution is -2.65. The Kier molecular flexibility index (Phi) is 5.33. The molecule has 1 aliphatic heterocycles. The molecule has 1 aliphatic carbocycles. The number of nitrogens with zero attached hydrogens (tertiary/aromatic N) is 3. The van der Waals surface area contributed by atoms with Gasteiger partial charge >= 0.3 is 6.03 Å². The zero-order chi connectivity index (χ0) is 22.6. The first kappa shape index (κ1) is 21.8. The molecule has 1 saturated carbocycles. The number of amides is 3. The van der Waals surface area contributed by atoms with Gasteiger partial charge in [0, 0.05) is 24.9 Å². The number of urea groups is 1. The van der Waals surface area contributed by atoms with Crippen molar-refractivity contribution in [3.63, 3.8) is 0 Å². The molecule has 4 rings (SSSR count). The second-order valence-corrected chi connectivity index (χ2v) is 8.68. The van der Waals surface area contributed by atoms with Crippen LogP contribution in [0.5, 0.6) is 0 Å². The Bertz CT molecular complexity index is 1070. The number of halogens is 5. The topological polar surface area (TPSA) is 93.2 Å². The number of hydrogen-bond acceptors (Lipinski definition) is 3. The highest BCUT2D eigenvalue weighted by Crippen LogP contribution is 2.46. The molecule has 1 fully saturated rings. The summed E-state index contributed by atoms with van der Waals surface area (Å²) in [6.45, 7) is -0.702. The fourth-order valence-electron chi connectivity index (χ4n) is 4.06. The largest absolute Gasteiger partial charge is 0.365 e.